The molecule has 2 N–H and O–H groups in total. The normalized spacial score (nSPS) is 12.5. The molecule has 0 saturated carbocycles. The molecular weight excluding hydrogens is 312 g/mol. The Bertz CT molecular complexity index is 781. The van der Waals surface area contributed by atoms with Crippen LogP contribution >= 0.6 is 0 Å². The Morgan fingerprint density at radius 2 is 1.79 bits per heavy atom. The van der Waals surface area contributed by atoms with Crippen molar-refractivity contribution in [2.75, 3.05) is 31.5 Å². The van der Waals surface area contributed by atoms with Gasteiger partial charge in [-0.2, -0.15) is 0 Å². The summed E-state index contributed by atoms with van der Waals surface area (Å²) in [4.78, 5) is 24.1. The van der Waals surface area contributed by atoms with E-state index < -0.39 is 5.91 Å². The molecule has 0 saturated heterocycles. The predicted octanol–water partition coefficient (Wildman–Crippen LogP) is 2.29. The van der Waals surface area contributed by atoms with Crippen molar-refractivity contribution in [3.63, 3.8) is 0 Å². The van der Waals surface area contributed by atoms with E-state index in [0.717, 1.165) is 0 Å². The van der Waals surface area contributed by atoms with E-state index in [0.29, 0.717) is 28.6 Å². The highest BCUT2D eigenvalue weighted by Crippen LogP contribution is 2.37. The Labute approximate surface area is 138 Å². The van der Waals surface area contributed by atoms with Crippen molar-refractivity contribution < 1.29 is 23.8 Å². The highest BCUT2D eigenvalue weighted by molar-refractivity contribution is 6.10. The quantitative estimate of drug-likeness (QED) is 0.899. The van der Waals surface area contributed by atoms with Crippen molar-refractivity contribution >= 4 is 23.2 Å². The van der Waals surface area contributed by atoms with Crippen LogP contribution in [0.3, 0.4) is 0 Å². The van der Waals surface area contributed by atoms with Gasteiger partial charge in [0.1, 0.15) is 17.1 Å². The van der Waals surface area contributed by atoms with E-state index in [2.05, 4.69) is 10.6 Å². The van der Waals surface area contributed by atoms with E-state index in [9.17, 15) is 9.59 Å². The number of amides is 2. The van der Waals surface area contributed by atoms with Gasteiger partial charge in [0.2, 0.25) is 0 Å². The maximum absolute atomic E-state index is 12.7. The summed E-state index contributed by atoms with van der Waals surface area (Å²) in [6.07, 6.45) is 0. The first kappa shape index (κ1) is 15.7. The van der Waals surface area contributed by atoms with Gasteiger partial charge >= 0.3 is 0 Å². The summed E-state index contributed by atoms with van der Waals surface area (Å²) >= 11 is 0. The van der Waals surface area contributed by atoms with Crippen LogP contribution < -0.4 is 24.8 Å². The van der Waals surface area contributed by atoms with Gasteiger partial charge in [-0.25, -0.2) is 0 Å². The van der Waals surface area contributed by atoms with Gasteiger partial charge in [-0.1, -0.05) is 12.1 Å². The number of rotatable bonds is 4. The second-order valence-electron chi connectivity index (χ2n) is 5.01. The zero-order valence-electron chi connectivity index (χ0n) is 13.2. The lowest BCUT2D eigenvalue weighted by Crippen LogP contribution is -2.26. The zero-order chi connectivity index (χ0) is 17.1. The van der Waals surface area contributed by atoms with Crippen LogP contribution in [0.25, 0.3) is 0 Å². The molecule has 0 spiro atoms. The molecule has 0 bridgehead atoms. The van der Waals surface area contributed by atoms with Gasteiger partial charge in [0.05, 0.1) is 25.6 Å². The first-order valence-corrected chi connectivity index (χ1v) is 7.22. The monoisotopic (exact) mass is 328 g/mol. The third kappa shape index (κ3) is 2.83. The van der Waals surface area contributed by atoms with Crippen molar-refractivity contribution in [2.24, 2.45) is 0 Å². The number of ether oxygens (including phenoxy) is 3. The molecule has 0 aromatic heterocycles. The van der Waals surface area contributed by atoms with Crippen LogP contribution in [-0.2, 0) is 4.79 Å². The van der Waals surface area contributed by atoms with Gasteiger partial charge in [0.15, 0.2) is 12.4 Å². The Morgan fingerprint density at radius 1 is 1.12 bits per heavy atom. The number of fused-ring (bicyclic) bond motifs is 1. The lowest BCUT2D eigenvalue weighted by atomic mass is 10.1. The third-order valence-electron chi connectivity index (χ3n) is 3.54. The molecule has 0 aliphatic carbocycles. The van der Waals surface area contributed by atoms with Crippen molar-refractivity contribution in [1.29, 1.82) is 0 Å². The number of carbonyl (C=O) groups is 2. The highest BCUT2D eigenvalue weighted by atomic mass is 16.5. The zero-order valence-corrected chi connectivity index (χ0v) is 13.2. The van der Waals surface area contributed by atoms with Gasteiger partial charge in [-0.3, -0.25) is 9.59 Å². The van der Waals surface area contributed by atoms with Crippen LogP contribution in [0.4, 0.5) is 11.4 Å². The predicted molar refractivity (Wildman–Crippen MR) is 88.1 cm³/mol. The summed E-state index contributed by atoms with van der Waals surface area (Å²) < 4.78 is 15.9. The Balaban J connectivity index is 1.95. The number of anilines is 2. The van der Waals surface area contributed by atoms with E-state index in [1.807, 2.05) is 0 Å². The minimum Gasteiger partial charge on any atom is -0.496 e. The smallest absolute Gasteiger partial charge is 0.263 e. The number of methoxy groups -OCH3 is 2. The molecule has 7 heteroatoms. The molecule has 3 rings (SSSR count). The molecule has 1 aliphatic heterocycles. The van der Waals surface area contributed by atoms with E-state index in [1.54, 1.807) is 36.4 Å². The molecule has 2 aromatic rings. The fourth-order valence-corrected chi connectivity index (χ4v) is 2.47. The molecule has 0 radical (unpaired) electrons. The first-order valence-electron chi connectivity index (χ1n) is 7.22. The standard InChI is InChI=1S/C17H16N2O5/c1-22-12-7-4-8-13(23-2)15(12)17(21)19-11-6-3-5-10-16(11)24-9-14(20)18-10/h3-8H,9H2,1-2H3,(H,18,20)(H,19,21). The largest absolute Gasteiger partial charge is 0.496 e. The SMILES string of the molecule is COc1cccc(OC)c1C(=O)Nc1cccc2c1OCC(=O)N2. The van der Waals surface area contributed by atoms with Crippen molar-refractivity contribution in [1.82, 2.24) is 0 Å². The van der Waals surface area contributed by atoms with Gasteiger partial charge in [-0.15, -0.1) is 0 Å². The average molecular weight is 328 g/mol. The molecule has 124 valence electrons. The molecule has 2 aromatic carbocycles. The molecule has 0 fully saturated rings. The summed E-state index contributed by atoms with van der Waals surface area (Å²) in [7, 11) is 2.96. The van der Waals surface area contributed by atoms with Crippen LogP contribution in [0.1, 0.15) is 10.4 Å². The van der Waals surface area contributed by atoms with Gasteiger partial charge in [0, 0.05) is 0 Å². The summed E-state index contributed by atoms with van der Waals surface area (Å²) in [6, 6.07) is 10.2. The topological polar surface area (TPSA) is 85.9 Å². The second kappa shape index (κ2) is 6.49. The van der Waals surface area contributed by atoms with E-state index >= 15 is 0 Å². The molecule has 7 nitrogen and oxygen atoms in total. The minimum absolute atomic E-state index is 0.0993. The number of hydrogen-bond acceptors (Lipinski definition) is 5. The molecule has 0 atom stereocenters. The van der Waals surface area contributed by atoms with Crippen LogP contribution in [0.5, 0.6) is 17.2 Å². The number of carbonyl (C=O) groups excluding carboxylic acids is 2. The molecule has 24 heavy (non-hydrogen) atoms. The van der Waals surface area contributed by atoms with Crippen LogP contribution in [0.15, 0.2) is 36.4 Å². The molecule has 0 unspecified atom stereocenters. The molecule has 1 heterocycles. The molecular formula is C17H16N2O5. The summed E-state index contributed by atoms with van der Waals surface area (Å²) in [5.74, 6) is 0.562. The average Bonchev–Trinajstić information content (AvgIpc) is 2.60. The van der Waals surface area contributed by atoms with E-state index in [1.165, 1.54) is 14.2 Å². The van der Waals surface area contributed by atoms with Gasteiger partial charge < -0.3 is 24.8 Å². The van der Waals surface area contributed by atoms with E-state index in [-0.39, 0.29) is 18.1 Å². The van der Waals surface area contributed by atoms with E-state index in [4.69, 9.17) is 14.2 Å². The lowest BCUT2D eigenvalue weighted by molar-refractivity contribution is -0.118. The fraction of sp³-hybridized carbons (Fsp3) is 0.176. The highest BCUT2D eigenvalue weighted by Gasteiger charge is 2.23. The van der Waals surface area contributed by atoms with Crippen LogP contribution in [-0.4, -0.2) is 32.6 Å². The summed E-state index contributed by atoms with van der Waals surface area (Å²) in [5.41, 5.74) is 1.24. The summed E-state index contributed by atoms with van der Waals surface area (Å²) in [5, 5.41) is 5.47. The number of hydrogen-bond donors (Lipinski definition) is 2. The van der Waals surface area contributed by atoms with Crippen LogP contribution in [0.2, 0.25) is 0 Å². The third-order valence-corrected chi connectivity index (χ3v) is 3.54. The second-order valence-corrected chi connectivity index (χ2v) is 5.01. The van der Waals surface area contributed by atoms with Gasteiger partial charge in [0.25, 0.3) is 11.8 Å². The molecule has 2 amide bonds. The maximum atomic E-state index is 12.7. The van der Waals surface area contributed by atoms with Crippen molar-refractivity contribution in [3.05, 3.63) is 42.0 Å². The van der Waals surface area contributed by atoms with Crippen molar-refractivity contribution in [2.45, 2.75) is 0 Å². The molecule has 1 aliphatic rings. The number of nitrogens with one attached hydrogen (secondary N) is 2. The Kier molecular flexibility index (Phi) is 4.24. The maximum Gasteiger partial charge on any atom is 0.263 e. The fourth-order valence-electron chi connectivity index (χ4n) is 2.47. The van der Waals surface area contributed by atoms with Crippen LogP contribution in [0, 0.1) is 0 Å². The number of benzene rings is 2. The Hall–Kier alpha value is -3.22. The minimum atomic E-state index is -0.404. The lowest BCUT2D eigenvalue weighted by Gasteiger charge is -2.21. The first-order chi connectivity index (χ1) is 11.6. The van der Waals surface area contributed by atoms with Crippen molar-refractivity contribution in [3.8, 4) is 17.2 Å². The Morgan fingerprint density at radius 3 is 2.46 bits per heavy atom. The van der Waals surface area contributed by atoms with Gasteiger partial charge in [-0.05, 0) is 24.3 Å². The summed E-state index contributed by atoms with van der Waals surface area (Å²) in [6.45, 7) is -0.0993. The number of para-hydroxylation sites is 1.